The second-order valence-electron chi connectivity index (χ2n) is 8.08. The summed E-state index contributed by atoms with van der Waals surface area (Å²) in [5.74, 6) is 0. The molecule has 0 radical (unpaired) electrons. The van der Waals surface area contributed by atoms with E-state index in [0.29, 0.717) is 12.1 Å². The summed E-state index contributed by atoms with van der Waals surface area (Å²) in [4.78, 5) is 2.57. The molecule has 2 N–H and O–H groups in total. The van der Waals surface area contributed by atoms with Gasteiger partial charge >= 0.3 is 0 Å². The minimum absolute atomic E-state index is 0.359. The van der Waals surface area contributed by atoms with E-state index in [-0.39, 0.29) is 0 Å². The van der Waals surface area contributed by atoms with Crippen molar-refractivity contribution < 1.29 is 0 Å². The molecule has 2 aromatic carbocycles. The van der Waals surface area contributed by atoms with E-state index in [0.717, 1.165) is 44.2 Å². The fraction of sp³-hybridized carbons (Fsp3) is 0.379. The molecule has 2 aromatic rings. The monoisotopic (exact) mass is 442 g/mol. The topological polar surface area (TPSA) is 62.9 Å². The van der Waals surface area contributed by atoms with Crippen LogP contribution in [-0.2, 0) is 6.42 Å². The lowest BCUT2D eigenvalue weighted by atomic mass is 9.89. The maximum absolute atomic E-state index is 9.36. The van der Waals surface area contributed by atoms with Gasteiger partial charge < -0.3 is 15.6 Å². The van der Waals surface area contributed by atoms with E-state index < -0.39 is 0 Å². The molecule has 0 aliphatic carbocycles. The minimum atomic E-state index is 0.359. The number of hydrogen-bond donors (Lipinski definition) is 2. The Bertz CT molecular complexity index is 985. The maximum Gasteiger partial charge on any atom is 0.0991 e. The van der Waals surface area contributed by atoms with Crippen LogP contribution in [0.1, 0.15) is 74.8 Å². The molecule has 2 heterocycles. The second-order valence-corrected chi connectivity index (χ2v) is 8.08. The summed E-state index contributed by atoms with van der Waals surface area (Å²) in [7, 11) is 0. The van der Waals surface area contributed by atoms with Crippen molar-refractivity contribution in [1.82, 2.24) is 5.32 Å². The van der Waals surface area contributed by atoms with Gasteiger partial charge in [0.2, 0.25) is 0 Å². The highest BCUT2D eigenvalue weighted by Gasteiger charge is 2.34. The fourth-order valence-corrected chi connectivity index (χ4v) is 4.86. The van der Waals surface area contributed by atoms with E-state index in [4.69, 9.17) is 5.41 Å². The van der Waals surface area contributed by atoms with Crippen LogP contribution in [0.25, 0.3) is 0 Å². The van der Waals surface area contributed by atoms with E-state index in [1.165, 1.54) is 28.1 Å². The zero-order valence-electron chi connectivity index (χ0n) is 20.4. The van der Waals surface area contributed by atoms with E-state index in [1.807, 2.05) is 26.0 Å². The smallest absolute Gasteiger partial charge is 0.0991 e. The lowest BCUT2D eigenvalue weighted by molar-refractivity contribution is 0.377. The molecule has 1 saturated heterocycles. The third-order valence-corrected chi connectivity index (χ3v) is 6.14. The molecular weight excluding hydrogens is 404 g/mol. The largest absolute Gasteiger partial charge is 0.385 e. The second kappa shape index (κ2) is 13.3. The first kappa shape index (κ1) is 25.9. The van der Waals surface area contributed by atoms with Gasteiger partial charge in [0.15, 0.2) is 0 Å². The van der Waals surface area contributed by atoms with Crippen molar-refractivity contribution in [2.75, 3.05) is 11.4 Å². The van der Waals surface area contributed by atoms with Crippen molar-refractivity contribution in [1.29, 1.82) is 10.7 Å². The summed E-state index contributed by atoms with van der Waals surface area (Å²) in [6, 6.07) is 18.1. The Kier molecular flexibility index (Phi) is 10.4. The molecule has 4 rings (SSSR count). The first-order valence-corrected chi connectivity index (χ1v) is 12.0. The summed E-state index contributed by atoms with van der Waals surface area (Å²) in [5.41, 5.74) is 7.41. The van der Waals surface area contributed by atoms with Crippen molar-refractivity contribution in [2.45, 2.75) is 65.0 Å². The number of piperidine rings is 1. The van der Waals surface area contributed by atoms with Gasteiger partial charge in [0.1, 0.15) is 0 Å². The predicted octanol–water partition coefficient (Wildman–Crippen LogP) is 6.92. The number of allylic oxidation sites excluding steroid dienone is 3. The molecule has 4 nitrogen and oxygen atoms in total. The van der Waals surface area contributed by atoms with Gasteiger partial charge in [-0.05, 0) is 73.4 Å². The number of hydrogen-bond acceptors (Lipinski definition) is 4. The molecule has 33 heavy (non-hydrogen) atoms. The molecule has 1 fully saturated rings. The van der Waals surface area contributed by atoms with Crippen LogP contribution in [0.5, 0.6) is 0 Å². The van der Waals surface area contributed by atoms with Gasteiger partial charge in [-0.2, -0.15) is 5.26 Å². The van der Waals surface area contributed by atoms with Gasteiger partial charge in [-0.3, -0.25) is 0 Å². The van der Waals surface area contributed by atoms with Gasteiger partial charge in [0.25, 0.3) is 0 Å². The molecule has 0 spiro atoms. The molecule has 2 atom stereocenters. The summed E-state index contributed by atoms with van der Waals surface area (Å²) in [6.07, 6.45) is 9.28. The molecule has 1 unspecified atom stereocenters. The quantitative estimate of drug-likeness (QED) is 0.390. The van der Waals surface area contributed by atoms with Crippen LogP contribution >= 0.6 is 0 Å². The third-order valence-electron chi connectivity index (χ3n) is 6.14. The van der Waals surface area contributed by atoms with E-state index >= 15 is 0 Å². The van der Waals surface area contributed by atoms with Crippen LogP contribution in [0.15, 0.2) is 66.9 Å². The van der Waals surface area contributed by atoms with Crippen LogP contribution < -0.4 is 10.2 Å². The van der Waals surface area contributed by atoms with Crippen LogP contribution in [-0.4, -0.2) is 19.3 Å². The summed E-state index contributed by atoms with van der Waals surface area (Å²) >= 11 is 0. The highest BCUT2D eigenvalue weighted by molar-refractivity contribution is 5.62. The van der Waals surface area contributed by atoms with Gasteiger partial charge in [0.05, 0.1) is 17.7 Å². The van der Waals surface area contributed by atoms with E-state index in [1.54, 1.807) is 0 Å². The summed E-state index contributed by atoms with van der Waals surface area (Å²) in [5, 5.41) is 18.7. The van der Waals surface area contributed by atoms with Crippen molar-refractivity contribution in [3.63, 3.8) is 0 Å². The number of nitrogens with one attached hydrogen (secondary N) is 2. The lowest BCUT2D eigenvalue weighted by Gasteiger charge is -2.42. The third kappa shape index (κ3) is 6.14. The number of anilines is 1. The first-order valence-electron chi connectivity index (χ1n) is 12.0. The SMILES string of the molecule is C=C/C=C(\CCC)N[C@H]1CCN2c3ccc(C#N)cc3Cc3ccccc3C2C1.C=N.CC. The van der Waals surface area contributed by atoms with Crippen LogP contribution in [0.2, 0.25) is 0 Å². The van der Waals surface area contributed by atoms with Crippen LogP contribution in [0, 0.1) is 16.7 Å². The number of benzene rings is 2. The molecule has 0 saturated carbocycles. The maximum atomic E-state index is 9.36. The normalized spacial score (nSPS) is 18.4. The minimum Gasteiger partial charge on any atom is -0.385 e. The Morgan fingerprint density at radius 2 is 1.97 bits per heavy atom. The summed E-state index contributed by atoms with van der Waals surface area (Å²) in [6.45, 7) is 13.6. The van der Waals surface area contributed by atoms with Crippen molar-refractivity contribution >= 4 is 12.4 Å². The highest BCUT2D eigenvalue weighted by Crippen LogP contribution is 2.42. The molecular formula is C29H38N4. The zero-order chi connectivity index (χ0) is 24.2. The van der Waals surface area contributed by atoms with Gasteiger partial charge in [-0.25, -0.2) is 0 Å². The highest BCUT2D eigenvalue weighted by atomic mass is 15.2. The first-order chi connectivity index (χ1) is 16.2. The number of nitriles is 1. The van der Waals surface area contributed by atoms with Crippen molar-refractivity contribution in [2.24, 2.45) is 0 Å². The molecule has 0 bridgehead atoms. The van der Waals surface area contributed by atoms with E-state index in [2.05, 4.69) is 79.0 Å². The Morgan fingerprint density at radius 3 is 2.67 bits per heavy atom. The fourth-order valence-electron chi connectivity index (χ4n) is 4.86. The number of fused-ring (bicyclic) bond motifs is 5. The average Bonchev–Trinajstić information content (AvgIpc) is 3.00. The molecule has 174 valence electrons. The zero-order valence-corrected chi connectivity index (χ0v) is 20.4. The predicted molar refractivity (Wildman–Crippen MR) is 141 cm³/mol. The van der Waals surface area contributed by atoms with Gasteiger partial charge in [-0.15, -0.1) is 0 Å². The number of nitrogens with zero attached hydrogens (tertiary/aromatic N) is 2. The molecule has 4 heteroatoms. The van der Waals surface area contributed by atoms with Crippen LogP contribution in [0.3, 0.4) is 0 Å². The van der Waals surface area contributed by atoms with Gasteiger partial charge in [0, 0.05) is 24.0 Å². The molecule has 2 aliphatic rings. The molecule has 0 amide bonds. The molecule has 0 aromatic heterocycles. The van der Waals surface area contributed by atoms with Crippen molar-refractivity contribution in [3.05, 3.63) is 89.1 Å². The van der Waals surface area contributed by atoms with Gasteiger partial charge in [-0.1, -0.05) is 64.1 Å². The Balaban J connectivity index is 0.000000914. The standard InChI is InChI=1S/C26H29N3.C2H6.CH3N/c1-3-7-22(8-4-2)28-23-13-14-29-25-12-11-19(18-27)15-21(25)16-20-9-5-6-10-24(20)26(29)17-23;2*1-2/h3,5-7,9-12,15,23,26,28H,1,4,8,13-14,16-17H2,2H3;1-2H3;2H,1H2/b22-7+;;/t23-,26?;;/m0../s1. The van der Waals surface area contributed by atoms with E-state index in [9.17, 15) is 5.26 Å². The Labute approximate surface area is 200 Å². The van der Waals surface area contributed by atoms with Crippen LogP contribution in [0.4, 0.5) is 5.69 Å². The van der Waals surface area contributed by atoms with Crippen molar-refractivity contribution in [3.8, 4) is 6.07 Å². The summed E-state index contributed by atoms with van der Waals surface area (Å²) < 4.78 is 0. The number of rotatable bonds is 5. The average molecular weight is 443 g/mol. The Morgan fingerprint density at radius 1 is 1.21 bits per heavy atom. The Hall–Kier alpha value is -3.32. The lowest BCUT2D eigenvalue weighted by Crippen LogP contribution is -2.44. The molecule has 2 aliphatic heterocycles.